The molecule has 0 heterocycles. The van der Waals surface area contributed by atoms with Gasteiger partial charge >= 0.3 is 0 Å². The number of ether oxygens (including phenoxy) is 2. The molecule has 0 saturated heterocycles. The number of aliphatic hydroxyl groups is 1. The summed E-state index contributed by atoms with van der Waals surface area (Å²) >= 11 is 0. The number of benzene rings is 1. The molecule has 114 valence electrons. The first-order valence-corrected chi connectivity index (χ1v) is 7.30. The maximum atomic E-state index is 10.2. The average molecular weight is 281 g/mol. The van der Waals surface area contributed by atoms with Crippen molar-refractivity contribution in [1.82, 2.24) is 4.90 Å². The molecule has 0 saturated carbocycles. The number of hydrogen-bond donors (Lipinski definition) is 1. The van der Waals surface area contributed by atoms with E-state index in [1.165, 1.54) is 0 Å². The van der Waals surface area contributed by atoms with Gasteiger partial charge in [-0.05, 0) is 44.6 Å². The van der Waals surface area contributed by atoms with Crippen molar-refractivity contribution in [3.63, 3.8) is 0 Å². The third-order valence-corrected chi connectivity index (χ3v) is 2.81. The minimum Gasteiger partial charge on any atom is -0.490 e. The molecule has 4 heteroatoms. The molecule has 0 bridgehead atoms. The van der Waals surface area contributed by atoms with E-state index in [0.29, 0.717) is 19.8 Å². The van der Waals surface area contributed by atoms with Crippen LogP contribution < -0.4 is 9.47 Å². The fourth-order valence-corrected chi connectivity index (χ4v) is 1.84. The molecule has 0 aliphatic carbocycles. The maximum absolute atomic E-state index is 10.2. The minimum atomic E-state index is -0.519. The predicted octanol–water partition coefficient (Wildman–Crippen LogP) is 2.86. The molecule has 1 atom stereocenters. The van der Waals surface area contributed by atoms with E-state index < -0.39 is 6.10 Å². The second-order valence-corrected chi connectivity index (χ2v) is 5.18. The standard InChI is InChI=1S/C16H27NO3/c1-5-9-19-15-8-7-13(14(18)12-17(3)4)11-16(15)20-10-6-2/h7-8,11,14,18H,5-6,9-10,12H2,1-4H3. The van der Waals surface area contributed by atoms with Crippen molar-refractivity contribution in [2.45, 2.75) is 32.8 Å². The first-order chi connectivity index (χ1) is 9.58. The fourth-order valence-electron chi connectivity index (χ4n) is 1.84. The molecule has 0 spiro atoms. The van der Waals surface area contributed by atoms with Crippen LogP contribution in [0.3, 0.4) is 0 Å². The Labute approximate surface area is 122 Å². The second-order valence-electron chi connectivity index (χ2n) is 5.18. The molecule has 0 aromatic heterocycles. The predicted molar refractivity (Wildman–Crippen MR) is 81.5 cm³/mol. The Hall–Kier alpha value is -1.26. The van der Waals surface area contributed by atoms with Gasteiger partial charge in [-0.25, -0.2) is 0 Å². The highest BCUT2D eigenvalue weighted by Crippen LogP contribution is 2.31. The summed E-state index contributed by atoms with van der Waals surface area (Å²) in [5.41, 5.74) is 0.855. The van der Waals surface area contributed by atoms with Gasteiger partial charge in [0.2, 0.25) is 0 Å². The summed E-state index contributed by atoms with van der Waals surface area (Å²) in [4.78, 5) is 1.96. The van der Waals surface area contributed by atoms with Crippen molar-refractivity contribution in [2.24, 2.45) is 0 Å². The van der Waals surface area contributed by atoms with E-state index in [1.54, 1.807) is 0 Å². The Balaban J connectivity index is 2.87. The molecular formula is C16H27NO3. The van der Waals surface area contributed by atoms with Gasteiger partial charge in [0.25, 0.3) is 0 Å². The summed E-state index contributed by atoms with van der Waals surface area (Å²) in [6.07, 6.45) is 1.38. The minimum absolute atomic E-state index is 0.519. The molecule has 1 aromatic carbocycles. The summed E-state index contributed by atoms with van der Waals surface area (Å²) < 4.78 is 11.4. The molecule has 1 unspecified atom stereocenters. The van der Waals surface area contributed by atoms with E-state index in [4.69, 9.17) is 9.47 Å². The average Bonchev–Trinajstić information content (AvgIpc) is 2.42. The zero-order valence-electron chi connectivity index (χ0n) is 13.1. The maximum Gasteiger partial charge on any atom is 0.161 e. The van der Waals surface area contributed by atoms with Crippen molar-refractivity contribution < 1.29 is 14.6 Å². The van der Waals surface area contributed by atoms with Crippen LogP contribution in [0.1, 0.15) is 38.4 Å². The fraction of sp³-hybridized carbons (Fsp3) is 0.625. The Morgan fingerprint density at radius 3 is 2.20 bits per heavy atom. The van der Waals surface area contributed by atoms with E-state index in [1.807, 2.05) is 37.2 Å². The molecule has 20 heavy (non-hydrogen) atoms. The van der Waals surface area contributed by atoms with E-state index in [2.05, 4.69) is 13.8 Å². The van der Waals surface area contributed by atoms with Crippen LogP contribution in [0.4, 0.5) is 0 Å². The van der Waals surface area contributed by atoms with Crippen LogP contribution in [0.25, 0.3) is 0 Å². The van der Waals surface area contributed by atoms with Crippen LogP contribution in [0.15, 0.2) is 18.2 Å². The van der Waals surface area contributed by atoms with Crippen LogP contribution in [0.2, 0.25) is 0 Å². The third-order valence-electron chi connectivity index (χ3n) is 2.81. The van der Waals surface area contributed by atoms with Crippen LogP contribution in [0, 0.1) is 0 Å². The molecule has 0 aliphatic rings. The number of rotatable bonds is 9. The second kappa shape index (κ2) is 8.82. The molecule has 1 rings (SSSR count). The van der Waals surface area contributed by atoms with Crippen molar-refractivity contribution in [1.29, 1.82) is 0 Å². The van der Waals surface area contributed by atoms with Gasteiger partial charge in [0.05, 0.1) is 19.3 Å². The molecular weight excluding hydrogens is 254 g/mol. The molecule has 0 radical (unpaired) electrons. The van der Waals surface area contributed by atoms with Crippen LogP contribution >= 0.6 is 0 Å². The lowest BCUT2D eigenvalue weighted by molar-refractivity contribution is 0.138. The third kappa shape index (κ3) is 5.39. The van der Waals surface area contributed by atoms with Crippen molar-refractivity contribution >= 4 is 0 Å². The van der Waals surface area contributed by atoms with Crippen LogP contribution in [0.5, 0.6) is 11.5 Å². The topological polar surface area (TPSA) is 41.9 Å². The number of nitrogens with zero attached hydrogens (tertiary/aromatic N) is 1. The first-order valence-electron chi connectivity index (χ1n) is 7.30. The van der Waals surface area contributed by atoms with Gasteiger partial charge in [-0.15, -0.1) is 0 Å². The quantitative estimate of drug-likeness (QED) is 0.756. The summed E-state index contributed by atoms with van der Waals surface area (Å²) in [5, 5.41) is 10.2. The SMILES string of the molecule is CCCOc1ccc(C(O)CN(C)C)cc1OCCC. The van der Waals surface area contributed by atoms with Crippen molar-refractivity contribution in [2.75, 3.05) is 33.9 Å². The Bertz CT molecular complexity index is 393. The highest BCUT2D eigenvalue weighted by molar-refractivity contribution is 5.43. The zero-order valence-corrected chi connectivity index (χ0v) is 13.1. The summed E-state index contributed by atoms with van der Waals surface area (Å²) in [7, 11) is 3.88. The lowest BCUT2D eigenvalue weighted by Gasteiger charge is -2.18. The summed E-state index contributed by atoms with van der Waals surface area (Å²) in [6, 6.07) is 5.67. The lowest BCUT2D eigenvalue weighted by Crippen LogP contribution is -2.20. The largest absolute Gasteiger partial charge is 0.490 e. The number of likely N-dealkylation sites (N-methyl/N-ethyl adjacent to an activating group) is 1. The van der Waals surface area contributed by atoms with Crippen LogP contribution in [-0.4, -0.2) is 43.9 Å². The Morgan fingerprint density at radius 2 is 1.65 bits per heavy atom. The first kappa shape index (κ1) is 16.8. The molecule has 0 fully saturated rings. The molecule has 0 amide bonds. The van der Waals surface area contributed by atoms with Gasteiger partial charge in [-0.1, -0.05) is 19.9 Å². The van der Waals surface area contributed by atoms with Crippen LogP contribution in [-0.2, 0) is 0 Å². The van der Waals surface area contributed by atoms with E-state index in [9.17, 15) is 5.11 Å². The van der Waals surface area contributed by atoms with E-state index in [-0.39, 0.29) is 0 Å². The number of aliphatic hydroxyl groups excluding tert-OH is 1. The Morgan fingerprint density at radius 1 is 1.05 bits per heavy atom. The summed E-state index contributed by atoms with van der Waals surface area (Å²) in [6.45, 7) is 6.04. The van der Waals surface area contributed by atoms with E-state index in [0.717, 1.165) is 29.9 Å². The highest BCUT2D eigenvalue weighted by Gasteiger charge is 2.13. The normalized spacial score (nSPS) is 12.5. The molecule has 1 N–H and O–H groups in total. The van der Waals surface area contributed by atoms with Gasteiger partial charge in [0.1, 0.15) is 0 Å². The molecule has 4 nitrogen and oxygen atoms in total. The molecule has 1 aromatic rings. The van der Waals surface area contributed by atoms with Gasteiger partial charge in [0, 0.05) is 6.54 Å². The van der Waals surface area contributed by atoms with Gasteiger partial charge < -0.3 is 19.5 Å². The van der Waals surface area contributed by atoms with Gasteiger partial charge in [-0.3, -0.25) is 0 Å². The lowest BCUT2D eigenvalue weighted by atomic mass is 10.1. The highest BCUT2D eigenvalue weighted by atomic mass is 16.5. The van der Waals surface area contributed by atoms with Gasteiger partial charge in [-0.2, -0.15) is 0 Å². The molecule has 0 aliphatic heterocycles. The zero-order chi connectivity index (χ0) is 15.0. The van der Waals surface area contributed by atoms with Crippen molar-refractivity contribution in [3.8, 4) is 11.5 Å². The monoisotopic (exact) mass is 281 g/mol. The smallest absolute Gasteiger partial charge is 0.161 e. The number of hydrogen-bond acceptors (Lipinski definition) is 4. The van der Waals surface area contributed by atoms with Crippen molar-refractivity contribution in [3.05, 3.63) is 23.8 Å². The van der Waals surface area contributed by atoms with Gasteiger partial charge in [0.15, 0.2) is 11.5 Å². The van der Waals surface area contributed by atoms with E-state index >= 15 is 0 Å². The summed E-state index contributed by atoms with van der Waals surface area (Å²) in [5.74, 6) is 1.47. The Kier molecular flexibility index (Phi) is 7.41.